The molecule has 2 amide bonds. The van der Waals surface area contributed by atoms with Crippen LogP contribution in [0.5, 0.6) is 11.5 Å². The third-order valence-electron chi connectivity index (χ3n) is 5.60. The van der Waals surface area contributed by atoms with Gasteiger partial charge in [0.2, 0.25) is 11.8 Å². The smallest absolute Gasteiger partial charge is 0.247 e. The summed E-state index contributed by atoms with van der Waals surface area (Å²) in [6.45, 7) is 1.01. The van der Waals surface area contributed by atoms with Gasteiger partial charge in [0.1, 0.15) is 6.04 Å². The van der Waals surface area contributed by atoms with E-state index in [-0.39, 0.29) is 24.8 Å². The van der Waals surface area contributed by atoms with E-state index >= 15 is 0 Å². The molecule has 3 aromatic rings. The number of carbonyl (C=O) groups excluding carboxylic acids is 2. The lowest BCUT2D eigenvalue weighted by Crippen LogP contribution is -2.44. The Morgan fingerprint density at radius 2 is 1.49 bits per heavy atom. The molecule has 0 fully saturated rings. The molecule has 0 saturated carbocycles. The maximum absolute atomic E-state index is 13.8. The van der Waals surface area contributed by atoms with E-state index in [2.05, 4.69) is 5.32 Å². The second-order valence-electron chi connectivity index (χ2n) is 7.97. The summed E-state index contributed by atoms with van der Waals surface area (Å²) in [5, 5.41) is 2.91. The predicted octanol–water partition coefficient (Wildman–Crippen LogP) is 3.78. The minimum absolute atomic E-state index is 0.0991. The largest absolute Gasteiger partial charge is 0.493 e. The third kappa shape index (κ3) is 7.07. The number of hydrogen-bond donors (Lipinski definition) is 1. The highest BCUT2D eigenvalue weighted by molar-refractivity contribution is 5.89. The predicted molar refractivity (Wildman–Crippen MR) is 134 cm³/mol. The van der Waals surface area contributed by atoms with Gasteiger partial charge >= 0.3 is 0 Å². The minimum Gasteiger partial charge on any atom is -0.493 e. The molecule has 0 unspecified atom stereocenters. The van der Waals surface area contributed by atoms with Crippen LogP contribution in [0.1, 0.15) is 22.7 Å². The molecular formula is C28H32N2O5. The summed E-state index contributed by atoms with van der Waals surface area (Å²) in [5.41, 5.74) is 2.43. The molecule has 0 radical (unpaired) electrons. The van der Waals surface area contributed by atoms with Gasteiger partial charge in [-0.3, -0.25) is 9.59 Å². The van der Waals surface area contributed by atoms with Crippen molar-refractivity contribution in [3.8, 4) is 11.5 Å². The van der Waals surface area contributed by atoms with Crippen molar-refractivity contribution in [1.82, 2.24) is 10.2 Å². The van der Waals surface area contributed by atoms with Crippen molar-refractivity contribution in [1.29, 1.82) is 0 Å². The van der Waals surface area contributed by atoms with Crippen LogP contribution in [0.3, 0.4) is 0 Å². The van der Waals surface area contributed by atoms with Crippen molar-refractivity contribution in [2.45, 2.75) is 19.0 Å². The van der Waals surface area contributed by atoms with E-state index in [1.165, 1.54) is 0 Å². The topological polar surface area (TPSA) is 77.1 Å². The maximum Gasteiger partial charge on any atom is 0.247 e. The average Bonchev–Trinajstić information content (AvgIpc) is 2.89. The molecule has 35 heavy (non-hydrogen) atoms. The van der Waals surface area contributed by atoms with Gasteiger partial charge in [0.25, 0.3) is 0 Å². The van der Waals surface area contributed by atoms with Crippen LogP contribution in [0.25, 0.3) is 0 Å². The van der Waals surface area contributed by atoms with Crippen LogP contribution in [0.15, 0.2) is 78.9 Å². The first-order valence-electron chi connectivity index (χ1n) is 11.4. The molecule has 0 aliphatic heterocycles. The number of rotatable bonds is 12. The molecule has 0 aliphatic carbocycles. The van der Waals surface area contributed by atoms with Crippen LogP contribution in [-0.4, -0.2) is 51.2 Å². The Morgan fingerprint density at radius 1 is 0.829 bits per heavy atom. The molecular weight excluding hydrogens is 444 g/mol. The number of methoxy groups -OCH3 is 3. The Hall–Kier alpha value is -3.84. The second kappa shape index (κ2) is 13.2. The van der Waals surface area contributed by atoms with E-state index in [4.69, 9.17) is 14.2 Å². The lowest BCUT2D eigenvalue weighted by molar-refractivity contribution is -0.141. The quantitative estimate of drug-likeness (QED) is 0.403. The van der Waals surface area contributed by atoms with Crippen LogP contribution in [0, 0.1) is 0 Å². The van der Waals surface area contributed by atoms with Crippen molar-refractivity contribution in [3.05, 3.63) is 95.6 Å². The van der Waals surface area contributed by atoms with E-state index in [9.17, 15) is 9.59 Å². The summed E-state index contributed by atoms with van der Waals surface area (Å²) in [6.07, 6.45) is 0.0991. The summed E-state index contributed by atoms with van der Waals surface area (Å²) in [4.78, 5) is 28.8. The summed E-state index contributed by atoms with van der Waals surface area (Å²) in [7, 11) is 4.70. The van der Waals surface area contributed by atoms with Crippen LogP contribution in [-0.2, 0) is 27.3 Å². The van der Waals surface area contributed by atoms with Gasteiger partial charge in [-0.05, 0) is 28.8 Å². The molecule has 0 aromatic heterocycles. The Labute approximate surface area is 206 Å². The highest BCUT2D eigenvalue weighted by Crippen LogP contribution is 2.29. The van der Waals surface area contributed by atoms with Crippen molar-refractivity contribution in [3.63, 3.8) is 0 Å². The summed E-state index contributed by atoms with van der Waals surface area (Å²) in [5.74, 6) is 0.690. The van der Waals surface area contributed by atoms with Crippen molar-refractivity contribution < 1.29 is 23.8 Å². The standard InChI is InChI=1S/C28H32N2O5/c1-33-17-16-29-28(32)27(23-12-8-5-9-13-23)30(20-21-10-6-4-7-11-21)26(31)19-22-14-15-24(34-2)25(18-22)35-3/h4-15,18,27H,16-17,19-20H2,1-3H3,(H,29,32)/t27-/m1/s1. The summed E-state index contributed by atoms with van der Waals surface area (Å²) >= 11 is 0. The van der Waals surface area contributed by atoms with Crippen molar-refractivity contribution >= 4 is 11.8 Å². The van der Waals surface area contributed by atoms with E-state index in [1.54, 1.807) is 38.4 Å². The molecule has 7 heteroatoms. The van der Waals surface area contributed by atoms with Gasteiger partial charge in [-0.1, -0.05) is 66.7 Å². The number of hydrogen-bond acceptors (Lipinski definition) is 5. The molecule has 0 saturated heterocycles. The molecule has 184 valence electrons. The second-order valence-corrected chi connectivity index (χ2v) is 7.97. The lowest BCUT2D eigenvalue weighted by atomic mass is 10.0. The first-order chi connectivity index (χ1) is 17.1. The lowest BCUT2D eigenvalue weighted by Gasteiger charge is -2.32. The molecule has 3 rings (SSSR count). The normalized spacial score (nSPS) is 11.4. The van der Waals surface area contributed by atoms with Crippen LogP contribution < -0.4 is 14.8 Å². The zero-order valence-electron chi connectivity index (χ0n) is 20.4. The Morgan fingerprint density at radius 3 is 2.11 bits per heavy atom. The van der Waals surface area contributed by atoms with Crippen molar-refractivity contribution in [2.24, 2.45) is 0 Å². The molecule has 0 bridgehead atoms. The highest BCUT2D eigenvalue weighted by atomic mass is 16.5. The zero-order valence-corrected chi connectivity index (χ0v) is 20.4. The molecule has 0 aliphatic rings. The first kappa shape index (κ1) is 25.8. The first-order valence-corrected chi connectivity index (χ1v) is 11.4. The fraction of sp³-hybridized carbons (Fsp3) is 0.286. The van der Waals surface area contributed by atoms with Gasteiger partial charge in [0.05, 0.1) is 27.2 Å². The number of amides is 2. The Bertz CT molecular complexity index is 1090. The highest BCUT2D eigenvalue weighted by Gasteiger charge is 2.31. The Balaban J connectivity index is 1.97. The van der Waals surface area contributed by atoms with Gasteiger partial charge in [0.15, 0.2) is 11.5 Å². The monoisotopic (exact) mass is 476 g/mol. The SMILES string of the molecule is COCCNC(=O)[C@@H](c1ccccc1)N(Cc1ccccc1)C(=O)Cc1ccc(OC)c(OC)c1. The number of ether oxygens (including phenoxy) is 3. The fourth-order valence-electron chi connectivity index (χ4n) is 3.85. The van der Waals surface area contributed by atoms with E-state index in [0.717, 1.165) is 16.7 Å². The third-order valence-corrected chi connectivity index (χ3v) is 5.60. The molecule has 1 N–H and O–H groups in total. The van der Waals surface area contributed by atoms with Crippen LogP contribution >= 0.6 is 0 Å². The minimum atomic E-state index is -0.805. The van der Waals surface area contributed by atoms with Gasteiger partial charge < -0.3 is 24.4 Å². The van der Waals surface area contributed by atoms with E-state index < -0.39 is 6.04 Å². The van der Waals surface area contributed by atoms with Gasteiger partial charge in [-0.2, -0.15) is 0 Å². The molecule has 3 aromatic carbocycles. The number of benzene rings is 3. The van der Waals surface area contributed by atoms with Crippen LogP contribution in [0.2, 0.25) is 0 Å². The average molecular weight is 477 g/mol. The molecule has 0 spiro atoms. The number of nitrogens with one attached hydrogen (secondary N) is 1. The zero-order chi connectivity index (χ0) is 25.0. The van der Waals surface area contributed by atoms with Crippen LogP contribution in [0.4, 0.5) is 0 Å². The molecule has 7 nitrogen and oxygen atoms in total. The van der Waals surface area contributed by atoms with Gasteiger partial charge in [-0.15, -0.1) is 0 Å². The summed E-state index contributed by atoms with van der Waals surface area (Å²) < 4.78 is 15.8. The van der Waals surface area contributed by atoms with Gasteiger partial charge in [0, 0.05) is 20.2 Å². The fourth-order valence-corrected chi connectivity index (χ4v) is 3.85. The van der Waals surface area contributed by atoms with Gasteiger partial charge in [-0.25, -0.2) is 0 Å². The molecule has 1 atom stereocenters. The number of nitrogens with zero attached hydrogens (tertiary/aromatic N) is 1. The van der Waals surface area contributed by atoms with E-state index in [1.807, 2.05) is 66.7 Å². The molecule has 0 heterocycles. The maximum atomic E-state index is 13.8. The summed E-state index contributed by atoms with van der Waals surface area (Å²) in [6, 6.07) is 23.6. The number of carbonyl (C=O) groups is 2. The van der Waals surface area contributed by atoms with Crippen molar-refractivity contribution in [2.75, 3.05) is 34.5 Å². The van der Waals surface area contributed by atoms with E-state index in [0.29, 0.717) is 24.7 Å². The Kier molecular flexibility index (Phi) is 9.69.